The van der Waals surface area contributed by atoms with Crippen LogP contribution in [0.2, 0.25) is 0 Å². The first-order valence-electron chi connectivity index (χ1n) is 13.3. The SMILES string of the molecule is CC(C)N1CCN(C(=O)C2=C(F)C=CC(c3cc(=NC4CC4)n4ncc(=Cc5[nH]c(=O)[nH]c5O)c4n3)C2)CC1. The van der Waals surface area contributed by atoms with Crippen LogP contribution >= 0.6 is 0 Å². The van der Waals surface area contributed by atoms with Crippen LogP contribution in [0, 0.1) is 0 Å². The average Bonchev–Trinajstić information content (AvgIpc) is 3.56. The number of amides is 1. The number of aromatic hydroxyl groups is 1. The van der Waals surface area contributed by atoms with E-state index in [1.54, 1.807) is 27.8 Å². The van der Waals surface area contributed by atoms with E-state index in [-0.39, 0.29) is 41.4 Å². The molecule has 1 atom stereocenters. The van der Waals surface area contributed by atoms with Crippen molar-refractivity contribution in [2.45, 2.75) is 51.1 Å². The normalized spacial score (nSPS) is 21.6. The van der Waals surface area contributed by atoms with Crippen LogP contribution < -0.4 is 16.4 Å². The molecule has 1 amide bonds. The van der Waals surface area contributed by atoms with Gasteiger partial charge in [-0.25, -0.2) is 14.2 Å². The molecule has 0 spiro atoms. The topological polar surface area (TPSA) is 135 Å². The zero-order valence-corrected chi connectivity index (χ0v) is 21.9. The number of allylic oxidation sites excluding steroid dienone is 3. The van der Waals surface area contributed by atoms with E-state index in [1.165, 1.54) is 6.08 Å². The molecule has 0 aromatic carbocycles. The third-order valence-electron chi connectivity index (χ3n) is 7.55. The van der Waals surface area contributed by atoms with Crippen molar-refractivity contribution in [1.82, 2.24) is 34.4 Å². The standard InChI is InChI=1S/C27H31FN8O3/c1-15(2)34-7-9-35(10-8-34)26(38)19-11-16(3-6-20(19)28)21-13-23(30-18-4-5-18)36-24(31-21)17(14-29-36)12-22-25(37)33-27(39)32-22/h3,6,12-16,18,37H,4-5,7-11H2,1-2H3,(H2,32,33,39). The molecule has 1 aliphatic heterocycles. The molecule has 0 radical (unpaired) electrons. The molecule has 2 aliphatic carbocycles. The van der Waals surface area contributed by atoms with Crippen molar-refractivity contribution in [2.75, 3.05) is 26.2 Å². The summed E-state index contributed by atoms with van der Waals surface area (Å²) in [5.74, 6) is -1.38. The summed E-state index contributed by atoms with van der Waals surface area (Å²) in [7, 11) is 0. The number of rotatable bonds is 5. The maximum Gasteiger partial charge on any atom is 0.326 e. The first-order valence-corrected chi connectivity index (χ1v) is 13.3. The minimum absolute atomic E-state index is 0.165. The van der Waals surface area contributed by atoms with Gasteiger partial charge in [-0.2, -0.15) is 9.61 Å². The van der Waals surface area contributed by atoms with Crippen LogP contribution in [-0.4, -0.2) is 83.6 Å². The van der Waals surface area contributed by atoms with Gasteiger partial charge in [0.05, 0.1) is 23.5 Å². The number of nitrogens with one attached hydrogen (secondary N) is 2. The van der Waals surface area contributed by atoms with Gasteiger partial charge >= 0.3 is 5.69 Å². The predicted molar refractivity (Wildman–Crippen MR) is 141 cm³/mol. The number of nitrogens with zero attached hydrogens (tertiary/aromatic N) is 6. The third kappa shape index (κ3) is 5.03. The van der Waals surface area contributed by atoms with E-state index in [2.05, 4.69) is 33.8 Å². The second-order valence-corrected chi connectivity index (χ2v) is 10.6. The molecule has 3 aromatic heterocycles. The number of halogens is 1. The van der Waals surface area contributed by atoms with Gasteiger partial charge in [0.2, 0.25) is 5.88 Å². The van der Waals surface area contributed by atoms with Crippen LogP contribution in [0.4, 0.5) is 4.39 Å². The number of H-pyrrole nitrogens is 2. The van der Waals surface area contributed by atoms with Crippen LogP contribution in [0.15, 0.2) is 45.6 Å². The van der Waals surface area contributed by atoms with E-state index in [4.69, 9.17) is 9.98 Å². The van der Waals surface area contributed by atoms with Crippen molar-refractivity contribution in [3.05, 3.63) is 68.4 Å². The van der Waals surface area contributed by atoms with Crippen molar-refractivity contribution in [3.63, 3.8) is 0 Å². The largest absolute Gasteiger partial charge is 0.493 e. The minimum Gasteiger partial charge on any atom is -0.493 e. The van der Waals surface area contributed by atoms with Crippen molar-refractivity contribution in [3.8, 4) is 5.88 Å². The summed E-state index contributed by atoms with van der Waals surface area (Å²) in [6, 6.07) is 2.47. The third-order valence-corrected chi connectivity index (χ3v) is 7.55. The Hall–Kier alpha value is -4.06. The minimum atomic E-state index is -0.530. The Morgan fingerprint density at radius 2 is 2.00 bits per heavy atom. The van der Waals surface area contributed by atoms with Gasteiger partial charge in [0.15, 0.2) is 11.1 Å². The first kappa shape index (κ1) is 25.2. The Morgan fingerprint density at radius 3 is 2.67 bits per heavy atom. The molecule has 1 saturated carbocycles. The first-order chi connectivity index (χ1) is 18.8. The average molecular weight is 535 g/mol. The number of imidazole rings is 1. The number of aromatic amines is 2. The van der Waals surface area contributed by atoms with Crippen LogP contribution in [0.3, 0.4) is 0 Å². The number of fused-ring (bicyclic) bond motifs is 1. The van der Waals surface area contributed by atoms with E-state index in [1.807, 2.05) is 6.07 Å². The van der Waals surface area contributed by atoms with Gasteiger partial charge in [-0.05, 0) is 45.3 Å². The fourth-order valence-electron chi connectivity index (χ4n) is 5.12. The maximum atomic E-state index is 15.0. The Morgan fingerprint density at radius 1 is 1.23 bits per heavy atom. The Labute approximate surface area is 223 Å². The molecule has 1 unspecified atom stereocenters. The molecular weight excluding hydrogens is 503 g/mol. The van der Waals surface area contributed by atoms with Gasteiger partial charge in [0.25, 0.3) is 5.91 Å². The summed E-state index contributed by atoms with van der Waals surface area (Å²) in [5, 5.41) is 15.0. The Bertz CT molecular complexity index is 1670. The van der Waals surface area contributed by atoms with Gasteiger partial charge < -0.3 is 15.0 Å². The fourth-order valence-corrected chi connectivity index (χ4v) is 5.12. The molecule has 0 bridgehead atoms. The zero-order valence-electron chi connectivity index (χ0n) is 21.9. The van der Waals surface area contributed by atoms with Crippen LogP contribution in [0.25, 0.3) is 11.7 Å². The van der Waals surface area contributed by atoms with Gasteiger partial charge in [-0.3, -0.25) is 19.7 Å². The predicted octanol–water partition coefficient (Wildman–Crippen LogP) is 0.882. The lowest BCUT2D eigenvalue weighted by Gasteiger charge is -2.37. The number of aromatic nitrogens is 5. The fraction of sp³-hybridized carbons (Fsp3) is 0.444. The Balaban J connectivity index is 1.34. The van der Waals surface area contributed by atoms with E-state index < -0.39 is 11.5 Å². The van der Waals surface area contributed by atoms with E-state index in [9.17, 15) is 19.1 Å². The molecule has 1 saturated heterocycles. The highest BCUT2D eigenvalue weighted by Crippen LogP contribution is 2.32. The van der Waals surface area contributed by atoms with E-state index >= 15 is 0 Å². The number of carbonyl (C=O) groups excluding carboxylic acids is 1. The highest BCUT2D eigenvalue weighted by Gasteiger charge is 2.30. The second-order valence-electron chi connectivity index (χ2n) is 10.6. The van der Waals surface area contributed by atoms with Crippen molar-refractivity contribution >= 4 is 17.6 Å². The van der Waals surface area contributed by atoms with Crippen LogP contribution in [0.1, 0.15) is 50.4 Å². The van der Waals surface area contributed by atoms with Crippen LogP contribution in [0.5, 0.6) is 5.88 Å². The van der Waals surface area contributed by atoms with Crippen molar-refractivity contribution < 1.29 is 14.3 Å². The molecule has 3 N–H and O–H groups in total. The molecule has 2 fully saturated rings. The maximum absolute atomic E-state index is 15.0. The summed E-state index contributed by atoms with van der Waals surface area (Å²) < 4.78 is 16.6. The molecule has 3 aromatic rings. The summed E-state index contributed by atoms with van der Waals surface area (Å²) in [6.45, 7) is 6.94. The molecule has 39 heavy (non-hydrogen) atoms. The molecule has 204 valence electrons. The lowest BCUT2D eigenvalue weighted by Crippen LogP contribution is -2.51. The molecular formula is C27H31FN8O3. The van der Waals surface area contributed by atoms with Gasteiger partial charge in [-0.1, -0.05) is 6.08 Å². The van der Waals surface area contributed by atoms with Crippen molar-refractivity contribution in [2.24, 2.45) is 4.99 Å². The zero-order chi connectivity index (χ0) is 27.3. The molecule has 11 nitrogen and oxygen atoms in total. The Kier molecular flexibility index (Phi) is 6.42. The highest BCUT2D eigenvalue weighted by atomic mass is 19.1. The summed E-state index contributed by atoms with van der Waals surface area (Å²) >= 11 is 0. The number of piperazine rings is 1. The lowest BCUT2D eigenvalue weighted by molar-refractivity contribution is -0.129. The molecule has 4 heterocycles. The quantitative estimate of drug-likeness (QED) is 0.445. The molecule has 6 rings (SSSR count). The van der Waals surface area contributed by atoms with Crippen molar-refractivity contribution in [1.29, 1.82) is 0 Å². The van der Waals surface area contributed by atoms with Crippen LogP contribution in [-0.2, 0) is 4.79 Å². The number of hydrogen-bond donors (Lipinski definition) is 3. The molecule has 12 heteroatoms. The number of hydrogen-bond acceptors (Lipinski definition) is 7. The van der Waals surface area contributed by atoms with Gasteiger partial charge in [0.1, 0.15) is 11.5 Å². The van der Waals surface area contributed by atoms with E-state index in [0.29, 0.717) is 41.2 Å². The smallest absolute Gasteiger partial charge is 0.326 e. The second kappa shape index (κ2) is 9.92. The summed E-state index contributed by atoms with van der Waals surface area (Å²) in [4.78, 5) is 43.5. The summed E-state index contributed by atoms with van der Waals surface area (Å²) in [6.07, 6.45) is 8.45. The molecule has 3 aliphatic rings. The summed E-state index contributed by atoms with van der Waals surface area (Å²) in [5.41, 5.74) is 1.58. The van der Waals surface area contributed by atoms with Gasteiger partial charge in [0, 0.05) is 49.4 Å². The monoisotopic (exact) mass is 534 g/mol. The number of carbonyl (C=O) groups is 1. The lowest BCUT2D eigenvalue weighted by atomic mass is 9.90. The van der Waals surface area contributed by atoms with E-state index in [0.717, 1.165) is 25.9 Å². The van der Waals surface area contributed by atoms with Gasteiger partial charge in [-0.15, -0.1) is 0 Å². The highest BCUT2D eigenvalue weighted by molar-refractivity contribution is 5.95.